The lowest BCUT2D eigenvalue weighted by molar-refractivity contribution is -0.131. The summed E-state index contributed by atoms with van der Waals surface area (Å²) < 4.78 is 10.7. The van der Waals surface area contributed by atoms with Crippen molar-refractivity contribution in [1.29, 1.82) is 0 Å². The van der Waals surface area contributed by atoms with E-state index in [4.69, 9.17) is 15.2 Å². The first-order valence-electron chi connectivity index (χ1n) is 7.79. The van der Waals surface area contributed by atoms with Crippen molar-refractivity contribution < 1.29 is 14.3 Å². The Bertz CT molecular complexity index is 525. The molecule has 5 heteroatoms. The van der Waals surface area contributed by atoms with Crippen molar-refractivity contribution in [1.82, 2.24) is 5.32 Å². The number of ether oxygens (including phenoxy) is 2. The van der Waals surface area contributed by atoms with E-state index < -0.39 is 5.41 Å². The average molecular weight is 306 g/mol. The van der Waals surface area contributed by atoms with Gasteiger partial charge in [-0.05, 0) is 38.0 Å². The van der Waals surface area contributed by atoms with Crippen LogP contribution in [0.2, 0.25) is 0 Å². The Morgan fingerprint density at radius 1 is 1.32 bits per heavy atom. The molecule has 0 aromatic heterocycles. The number of hydrogen-bond donors (Lipinski definition) is 2. The zero-order chi connectivity index (χ0) is 16.2. The summed E-state index contributed by atoms with van der Waals surface area (Å²) >= 11 is 0. The number of methoxy groups -OCH3 is 2. The van der Waals surface area contributed by atoms with Crippen LogP contribution >= 0.6 is 0 Å². The first-order valence-corrected chi connectivity index (χ1v) is 7.79. The highest BCUT2D eigenvalue weighted by molar-refractivity contribution is 5.83. The van der Waals surface area contributed by atoms with Gasteiger partial charge in [0.2, 0.25) is 5.91 Å². The monoisotopic (exact) mass is 306 g/mol. The maximum Gasteiger partial charge on any atom is 0.227 e. The van der Waals surface area contributed by atoms with Gasteiger partial charge in [0.15, 0.2) is 0 Å². The Morgan fingerprint density at radius 2 is 2.00 bits per heavy atom. The van der Waals surface area contributed by atoms with Crippen molar-refractivity contribution in [2.45, 2.75) is 38.6 Å². The number of carbonyl (C=O) groups is 1. The summed E-state index contributed by atoms with van der Waals surface area (Å²) in [6.07, 6.45) is 3.89. The molecule has 1 unspecified atom stereocenters. The van der Waals surface area contributed by atoms with Crippen molar-refractivity contribution in [3.8, 4) is 11.5 Å². The van der Waals surface area contributed by atoms with Crippen LogP contribution in [0.3, 0.4) is 0 Å². The van der Waals surface area contributed by atoms with Crippen LogP contribution in [0.4, 0.5) is 0 Å². The predicted octanol–water partition coefficient (Wildman–Crippen LogP) is 2.40. The van der Waals surface area contributed by atoms with Gasteiger partial charge in [0.05, 0.1) is 25.7 Å². The van der Waals surface area contributed by atoms with Gasteiger partial charge in [0, 0.05) is 12.1 Å². The summed E-state index contributed by atoms with van der Waals surface area (Å²) in [6.45, 7) is 2.36. The number of amides is 1. The summed E-state index contributed by atoms with van der Waals surface area (Å²) in [6, 6.07) is 5.43. The molecule has 0 heterocycles. The number of nitrogens with two attached hydrogens (primary N) is 1. The molecule has 1 saturated carbocycles. The molecule has 0 bridgehead atoms. The summed E-state index contributed by atoms with van der Waals surface area (Å²) in [5.41, 5.74) is 6.38. The molecule has 1 aliphatic carbocycles. The number of benzene rings is 1. The zero-order valence-electron chi connectivity index (χ0n) is 13.6. The van der Waals surface area contributed by atoms with Gasteiger partial charge in [-0.15, -0.1) is 0 Å². The summed E-state index contributed by atoms with van der Waals surface area (Å²) in [4.78, 5) is 12.7. The van der Waals surface area contributed by atoms with E-state index in [9.17, 15) is 4.79 Å². The Hall–Kier alpha value is -1.75. The van der Waals surface area contributed by atoms with Crippen molar-refractivity contribution in [2.75, 3.05) is 20.8 Å². The number of carbonyl (C=O) groups excluding carboxylic acids is 1. The van der Waals surface area contributed by atoms with E-state index in [1.807, 2.05) is 25.1 Å². The molecule has 0 spiro atoms. The van der Waals surface area contributed by atoms with Gasteiger partial charge in [-0.3, -0.25) is 4.79 Å². The number of nitrogens with one attached hydrogen (secondary N) is 1. The first kappa shape index (κ1) is 16.6. The lowest BCUT2D eigenvalue weighted by Gasteiger charge is -2.28. The zero-order valence-corrected chi connectivity index (χ0v) is 13.6. The largest absolute Gasteiger partial charge is 0.497 e. The van der Waals surface area contributed by atoms with Gasteiger partial charge in [-0.25, -0.2) is 0 Å². The summed E-state index contributed by atoms with van der Waals surface area (Å²) in [5, 5.41) is 3.10. The second-order valence-electron chi connectivity index (χ2n) is 5.99. The van der Waals surface area contributed by atoms with E-state index in [-0.39, 0.29) is 11.9 Å². The molecule has 0 saturated heterocycles. The Kier molecular flexibility index (Phi) is 5.29. The molecule has 0 radical (unpaired) electrons. The predicted molar refractivity (Wildman–Crippen MR) is 86.1 cm³/mol. The third kappa shape index (κ3) is 3.19. The Morgan fingerprint density at radius 3 is 2.55 bits per heavy atom. The smallest absolute Gasteiger partial charge is 0.227 e. The quantitative estimate of drug-likeness (QED) is 0.846. The van der Waals surface area contributed by atoms with Gasteiger partial charge in [-0.1, -0.05) is 12.8 Å². The molecule has 1 aromatic carbocycles. The maximum atomic E-state index is 12.7. The molecule has 5 nitrogen and oxygen atoms in total. The molecule has 1 amide bonds. The highest BCUT2D eigenvalue weighted by Gasteiger charge is 2.40. The molecule has 22 heavy (non-hydrogen) atoms. The van der Waals surface area contributed by atoms with Crippen molar-refractivity contribution in [3.63, 3.8) is 0 Å². The molecule has 1 aliphatic rings. The van der Waals surface area contributed by atoms with Crippen LogP contribution in [0, 0.1) is 5.41 Å². The van der Waals surface area contributed by atoms with Gasteiger partial charge in [0.1, 0.15) is 11.5 Å². The average Bonchev–Trinajstić information content (AvgIpc) is 3.04. The number of rotatable bonds is 6. The molecule has 1 fully saturated rings. The molecule has 122 valence electrons. The maximum absolute atomic E-state index is 12.7. The SMILES string of the molecule is COc1ccc(OC)c(C(C)NC(=O)C2(CN)CCCC2)c1. The first-order chi connectivity index (χ1) is 10.6. The van der Waals surface area contributed by atoms with E-state index in [2.05, 4.69) is 5.32 Å². The lowest BCUT2D eigenvalue weighted by atomic mass is 9.85. The van der Waals surface area contributed by atoms with Crippen molar-refractivity contribution in [2.24, 2.45) is 11.1 Å². The van der Waals surface area contributed by atoms with Crippen molar-refractivity contribution in [3.05, 3.63) is 23.8 Å². The topological polar surface area (TPSA) is 73.6 Å². The minimum Gasteiger partial charge on any atom is -0.497 e. The van der Waals surface area contributed by atoms with Crippen LogP contribution in [0.15, 0.2) is 18.2 Å². The molecular formula is C17H26N2O3. The third-order valence-electron chi connectivity index (χ3n) is 4.68. The summed E-state index contributed by atoms with van der Waals surface area (Å²) in [5.74, 6) is 1.53. The standard InChI is InChI=1S/C17H26N2O3/c1-12(14-10-13(21-2)6-7-15(14)22-3)19-16(20)17(11-18)8-4-5-9-17/h6-7,10,12H,4-5,8-9,11,18H2,1-3H3,(H,19,20). The highest BCUT2D eigenvalue weighted by atomic mass is 16.5. The van der Waals surface area contributed by atoms with Crippen molar-refractivity contribution >= 4 is 5.91 Å². The highest BCUT2D eigenvalue weighted by Crippen LogP contribution is 2.38. The van der Waals surface area contributed by atoms with Gasteiger partial charge in [0.25, 0.3) is 0 Å². The van der Waals surface area contributed by atoms with Crippen LogP contribution in [0.25, 0.3) is 0 Å². The van der Waals surface area contributed by atoms with Gasteiger partial charge >= 0.3 is 0 Å². The minimum atomic E-state index is -0.402. The fraction of sp³-hybridized carbons (Fsp3) is 0.588. The minimum absolute atomic E-state index is 0.0462. The Labute approximate surface area is 132 Å². The van der Waals surface area contributed by atoms with Crippen LogP contribution in [-0.4, -0.2) is 26.7 Å². The van der Waals surface area contributed by atoms with E-state index in [1.165, 1.54) is 0 Å². The molecule has 1 aromatic rings. The second kappa shape index (κ2) is 7.01. The van der Waals surface area contributed by atoms with E-state index in [0.717, 1.165) is 42.7 Å². The van der Waals surface area contributed by atoms with Crippen LogP contribution in [0.5, 0.6) is 11.5 Å². The fourth-order valence-electron chi connectivity index (χ4n) is 3.18. The van der Waals surface area contributed by atoms with E-state index in [1.54, 1.807) is 14.2 Å². The Balaban J connectivity index is 2.17. The molecule has 3 N–H and O–H groups in total. The van der Waals surface area contributed by atoms with E-state index >= 15 is 0 Å². The van der Waals surface area contributed by atoms with Crippen LogP contribution in [-0.2, 0) is 4.79 Å². The van der Waals surface area contributed by atoms with Gasteiger partial charge < -0.3 is 20.5 Å². The summed E-state index contributed by atoms with van der Waals surface area (Å²) in [7, 11) is 3.25. The van der Waals surface area contributed by atoms with Crippen LogP contribution < -0.4 is 20.5 Å². The lowest BCUT2D eigenvalue weighted by Crippen LogP contribution is -2.45. The normalized spacial score (nSPS) is 17.8. The number of hydrogen-bond acceptors (Lipinski definition) is 4. The second-order valence-corrected chi connectivity index (χ2v) is 5.99. The molecule has 2 rings (SSSR count). The molecular weight excluding hydrogens is 280 g/mol. The molecule has 1 atom stereocenters. The van der Waals surface area contributed by atoms with Crippen LogP contribution in [0.1, 0.15) is 44.2 Å². The van der Waals surface area contributed by atoms with E-state index in [0.29, 0.717) is 6.54 Å². The third-order valence-corrected chi connectivity index (χ3v) is 4.68. The fourth-order valence-corrected chi connectivity index (χ4v) is 3.18. The molecule has 0 aliphatic heterocycles. The van der Waals surface area contributed by atoms with Gasteiger partial charge in [-0.2, -0.15) is 0 Å².